The first-order chi connectivity index (χ1) is 14.1. The lowest BCUT2D eigenvalue weighted by Gasteiger charge is -2.31. The topological polar surface area (TPSA) is 84.6 Å². The predicted octanol–water partition coefficient (Wildman–Crippen LogP) is 4.10. The average molecular weight is 453 g/mol. The van der Waals surface area contributed by atoms with Crippen molar-refractivity contribution in [2.24, 2.45) is 0 Å². The molecule has 0 aliphatic carbocycles. The van der Waals surface area contributed by atoms with Crippen LogP contribution in [0.15, 0.2) is 30.6 Å². The molecule has 2 aromatic heterocycles. The largest absolute Gasteiger partial charge is 0.573 e. The maximum absolute atomic E-state index is 14.2. The van der Waals surface area contributed by atoms with Gasteiger partial charge in [0, 0.05) is 6.07 Å². The number of halogens is 7. The summed E-state index contributed by atoms with van der Waals surface area (Å²) in [5.74, 6) is -3.18. The summed E-state index contributed by atoms with van der Waals surface area (Å²) in [5, 5.41) is 16.9. The SMILES string of the molecule is CC(C)(O)C(Nc1cc(C(F)(F)F)nc2ncnn12)c1ccc(OC(F)(F)F)c(F)c1. The van der Waals surface area contributed by atoms with E-state index in [0.717, 1.165) is 16.9 Å². The number of rotatable bonds is 5. The van der Waals surface area contributed by atoms with Gasteiger partial charge in [0.2, 0.25) is 0 Å². The van der Waals surface area contributed by atoms with Gasteiger partial charge in [-0.25, -0.2) is 9.37 Å². The molecule has 0 fully saturated rings. The van der Waals surface area contributed by atoms with Crippen LogP contribution in [-0.4, -0.2) is 36.7 Å². The molecule has 0 aliphatic rings. The zero-order valence-electron chi connectivity index (χ0n) is 15.8. The van der Waals surface area contributed by atoms with E-state index < -0.39 is 47.2 Å². The highest BCUT2D eigenvalue weighted by atomic mass is 19.4. The summed E-state index contributed by atoms with van der Waals surface area (Å²) in [5.41, 5.74) is -3.09. The number of fused-ring (bicyclic) bond motifs is 1. The zero-order chi connectivity index (χ0) is 23.2. The number of benzene rings is 1. The van der Waals surface area contributed by atoms with Gasteiger partial charge in [0.25, 0.3) is 5.78 Å². The Labute approximate surface area is 169 Å². The van der Waals surface area contributed by atoms with Gasteiger partial charge in [0.1, 0.15) is 12.1 Å². The molecule has 0 bridgehead atoms. The normalized spacial score (nSPS) is 14.0. The van der Waals surface area contributed by atoms with E-state index >= 15 is 0 Å². The Bertz CT molecular complexity index is 1090. The van der Waals surface area contributed by atoms with Crippen molar-refractivity contribution in [3.05, 3.63) is 47.7 Å². The summed E-state index contributed by atoms with van der Waals surface area (Å²) >= 11 is 0. The molecule has 7 nitrogen and oxygen atoms in total. The molecule has 2 N–H and O–H groups in total. The summed E-state index contributed by atoms with van der Waals surface area (Å²) in [4.78, 5) is 6.96. The van der Waals surface area contributed by atoms with Gasteiger partial charge in [0.15, 0.2) is 17.3 Å². The molecule has 1 aromatic carbocycles. The molecule has 0 saturated carbocycles. The second kappa shape index (κ2) is 7.51. The van der Waals surface area contributed by atoms with E-state index in [-0.39, 0.29) is 11.4 Å². The van der Waals surface area contributed by atoms with Gasteiger partial charge >= 0.3 is 12.5 Å². The van der Waals surface area contributed by atoms with E-state index in [0.29, 0.717) is 18.2 Å². The van der Waals surface area contributed by atoms with E-state index in [1.807, 2.05) is 0 Å². The van der Waals surface area contributed by atoms with E-state index in [9.17, 15) is 35.8 Å². The van der Waals surface area contributed by atoms with Gasteiger partial charge in [-0.3, -0.25) is 0 Å². The van der Waals surface area contributed by atoms with Crippen LogP contribution in [0.5, 0.6) is 5.75 Å². The third-order valence-electron chi connectivity index (χ3n) is 4.06. The van der Waals surface area contributed by atoms with Gasteiger partial charge in [-0.2, -0.15) is 27.8 Å². The van der Waals surface area contributed by atoms with Crippen LogP contribution >= 0.6 is 0 Å². The first-order valence-electron chi connectivity index (χ1n) is 8.47. The van der Waals surface area contributed by atoms with Crippen molar-refractivity contribution in [2.45, 2.75) is 38.0 Å². The summed E-state index contributed by atoms with van der Waals surface area (Å²) in [6, 6.07) is 1.72. The van der Waals surface area contributed by atoms with Gasteiger partial charge in [0.05, 0.1) is 11.6 Å². The highest BCUT2D eigenvalue weighted by Crippen LogP contribution is 2.35. The molecule has 14 heteroatoms. The first kappa shape index (κ1) is 22.5. The number of nitrogens with one attached hydrogen (secondary N) is 1. The number of alkyl halides is 6. The minimum atomic E-state index is -5.13. The lowest BCUT2D eigenvalue weighted by Crippen LogP contribution is -2.35. The van der Waals surface area contributed by atoms with Crippen LogP contribution in [0.3, 0.4) is 0 Å². The molecule has 0 amide bonds. The third kappa shape index (κ3) is 5.13. The van der Waals surface area contributed by atoms with E-state index in [1.54, 1.807) is 0 Å². The molecule has 0 saturated heterocycles. The maximum Gasteiger partial charge on any atom is 0.573 e. The molecule has 31 heavy (non-hydrogen) atoms. The molecule has 0 spiro atoms. The highest BCUT2D eigenvalue weighted by molar-refractivity contribution is 5.48. The fourth-order valence-corrected chi connectivity index (χ4v) is 2.78. The standard InChI is InChI=1S/C17H14F7N5O2/c1-15(2,30)13(8-3-4-10(9(18)5-8)31-17(22,23)24)28-12-6-11(16(19,20)21)27-14-25-7-26-29(12)14/h3-7,13,28,30H,1-2H3. The second-order valence-corrected chi connectivity index (χ2v) is 6.96. The van der Waals surface area contributed by atoms with Crippen LogP contribution in [0, 0.1) is 5.82 Å². The van der Waals surface area contributed by atoms with Crippen LogP contribution in [0.2, 0.25) is 0 Å². The molecule has 168 valence electrons. The Balaban J connectivity index is 2.05. The molecule has 0 aliphatic heterocycles. The number of hydrogen-bond acceptors (Lipinski definition) is 6. The molecule has 1 unspecified atom stereocenters. The predicted molar refractivity (Wildman–Crippen MR) is 91.5 cm³/mol. The number of nitrogens with zero attached hydrogens (tertiary/aromatic N) is 4. The summed E-state index contributed by atoms with van der Waals surface area (Å²) in [6.45, 7) is 2.54. The summed E-state index contributed by atoms with van der Waals surface area (Å²) < 4.78 is 95.2. The van der Waals surface area contributed by atoms with Gasteiger partial charge in [-0.15, -0.1) is 13.2 Å². The minimum absolute atomic E-state index is 0.0711. The smallest absolute Gasteiger partial charge is 0.403 e. The lowest BCUT2D eigenvalue weighted by atomic mass is 9.91. The molecule has 1 atom stereocenters. The van der Waals surface area contributed by atoms with Crippen molar-refractivity contribution in [1.29, 1.82) is 0 Å². The van der Waals surface area contributed by atoms with Crippen molar-refractivity contribution < 1.29 is 40.6 Å². The molecular formula is C17H14F7N5O2. The summed E-state index contributed by atoms with van der Waals surface area (Å²) in [6.07, 6.45) is -8.99. The zero-order valence-corrected chi connectivity index (χ0v) is 15.8. The van der Waals surface area contributed by atoms with Crippen molar-refractivity contribution >= 4 is 11.6 Å². The molecular weight excluding hydrogens is 439 g/mol. The monoisotopic (exact) mass is 453 g/mol. The quantitative estimate of drug-likeness (QED) is 0.566. The van der Waals surface area contributed by atoms with Crippen molar-refractivity contribution in [2.75, 3.05) is 5.32 Å². The van der Waals surface area contributed by atoms with E-state index in [4.69, 9.17) is 0 Å². The maximum atomic E-state index is 14.2. The van der Waals surface area contributed by atoms with Gasteiger partial charge in [-0.05, 0) is 31.5 Å². The Kier molecular flexibility index (Phi) is 5.46. The summed E-state index contributed by atoms with van der Waals surface area (Å²) in [7, 11) is 0. The third-order valence-corrected chi connectivity index (χ3v) is 4.06. The lowest BCUT2D eigenvalue weighted by molar-refractivity contribution is -0.275. The Morgan fingerprint density at radius 2 is 1.77 bits per heavy atom. The first-order valence-corrected chi connectivity index (χ1v) is 8.47. The Morgan fingerprint density at radius 1 is 1.10 bits per heavy atom. The van der Waals surface area contributed by atoms with Crippen molar-refractivity contribution in [3.8, 4) is 5.75 Å². The molecule has 2 heterocycles. The number of hydrogen-bond donors (Lipinski definition) is 2. The fourth-order valence-electron chi connectivity index (χ4n) is 2.78. The van der Waals surface area contributed by atoms with Crippen molar-refractivity contribution in [1.82, 2.24) is 19.6 Å². The van der Waals surface area contributed by atoms with E-state index in [1.165, 1.54) is 13.8 Å². The van der Waals surface area contributed by atoms with Crippen molar-refractivity contribution in [3.63, 3.8) is 0 Å². The van der Waals surface area contributed by atoms with Crippen LogP contribution in [0.25, 0.3) is 5.78 Å². The Morgan fingerprint density at radius 3 is 2.32 bits per heavy atom. The van der Waals surface area contributed by atoms with Crippen LogP contribution in [0.4, 0.5) is 36.6 Å². The second-order valence-electron chi connectivity index (χ2n) is 6.96. The number of anilines is 1. The van der Waals surface area contributed by atoms with Crippen LogP contribution in [0.1, 0.15) is 31.1 Å². The fraction of sp³-hybridized carbons (Fsp3) is 0.353. The molecule has 0 radical (unpaired) electrons. The number of aliphatic hydroxyl groups is 1. The molecule has 3 aromatic rings. The van der Waals surface area contributed by atoms with Crippen LogP contribution in [-0.2, 0) is 6.18 Å². The van der Waals surface area contributed by atoms with Crippen LogP contribution < -0.4 is 10.1 Å². The Hall–Kier alpha value is -3.16. The highest BCUT2D eigenvalue weighted by Gasteiger charge is 2.36. The van der Waals surface area contributed by atoms with Gasteiger partial charge < -0.3 is 15.2 Å². The average Bonchev–Trinajstić information content (AvgIpc) is 3.07. The number of aromatic nitrogens is 4. The van der Waals surface area contributed by atoms with E-state index in [2.05, 4.69) is 25.1 Å². The van der Waals surface area contributed by atoms with Gasteiger partial charge in [-0.1, -0.05) is 6.07 Å². The minimum Gasteiger partial charge on any atom is -0.403 e. The molecule has 3 rings (SSSR count). The number of ether oxygens (including phenoxy) is 1.